The van der Waals surface area contributed by atoms with E-state index in [-0.39, 0.29) is 12.4 Å². The Morgan fingerprint density at radius 1 is 1.08 bits per heavy atom. The molecule has 4 nitrogen and oxygen atoms in total. The minimum atomic E-state index is -0.658. The molecule has 5 heteroatoms. The van der Waals surface area contributed by atoms with Crippen LogP contribution in [0.25, 0.3) is 0 Å². The topological polar surface area (TPSA) is 41.9 Å². The van der Waals surface area contributed by atoms with Gasteiger partial charge >= 0.3 is 0 Å². The van der Waals surface area contributed by atoms with E-state index in [0.29, 0.717) is 31.8 Å². The van der Waals surface area contributed by atoms with Gasteiger partial charge in [0.15, 0.2) is 0 Å². The van der Waals surface area contributed by atoms with Gasteiger partial charge in [0, 0.05) is 38.9 Å². The molecule has 0 saturated heterocycles. The number of benzene rings is 2. The standard InChI is InChI=1S/C20H26FNO3/c1-24-13-7-12-22(14-17-8-5-6-11-20(17)21)15-18(23)16-25-19-9-3-2-4-10-19/h2-6,8-11,18,23H,7,12-16H2,1H3. The summed E-state index contributed by atoms with van der Waals surface area (Å²) < 4.78 is 24.6. The van der Waals surface area contributed by atoms with Gasteiger partial charge in [0.05, 0.1) is 0 Å². The minimum Gasteiger partial charge on any atom is -0.491 e. The largest absolute Gasteiger partial charge is 0.491 e. The zero-order chi connectivity index (χ0) is 17.9. The monoisotopic (exact) mass is 347 g/mol. The first kappa shape index (κ1) is 19.4. The van der Waals surface area contributed by atoms with Crippen molar-refractivity contribution in [2.24, 2.45) is 0 Å². The van der Waals surface area contributed by atoms with E-state index in [0.717, 1.165) is 12.2 Å². The zero-order valence-corrected chi connectivity index (χ0v) is 14.6. The van der Waals surface area contributed by atoms with Gasteiger partial charge in [-0.3, -0.25) is 4.90 Å². The van der Waals surface area contributed by atoms with Crippen molar-refractivity contribution < 1.29 is 19.0 Å². The lowest BCUT2D eigenvalue weighted by atomic mass is 10.2. The number of aliphatic hydroxyl groups excluding tert-OH is 1. The molecule has 0 aromatic heterocycles. The van der Waals surface area contributed by atoms with Crippen molar-refractivity contribution in [2.75, 3.05) is 33.4 Å². The predicted octanol–water partition coefficient (Wildman–Crippen LogP) is 3.10. The fourth-order valence-electron chi connectivity index (χ4n) is 2.59. The van der Waals surface area contributed by atoms with E-state index < -0.39 is 6.10 Å². The van der Waals surface area contributed by atoms with E-state index in [1.165, 1.54) is 6.07 Å². The van der Waals surface area contributed by atoms with Crippen LogP contribution in [-0.2, 0) is 11.3 Å². The highest BCUT2D eigenvalue weighted by Gasteiger charge is 2.14. The predicted molar refractivity (Wildman–Crippen MR) is 96.1 cm³/mol. The van der Waals surface area contributed by atoms with E-state index >= 15 is 0 Å². The molecule has 0 heterocycles. The lowest BCUT2D eigenvalue weighted by Gasteiger charge is -2.25. The van der Waals surface area contributed by atoms with Gasteiger partial charge in [-0.2, -0.15) is 0 Å². The molecule has 0 aliphatic heterocycles. The van der Waals surface area contributed by atoms with Crippen molar-refractivity contribution >= 4 is 0 Å². The molecule has 2 rings (SSSR count). The van der Waals surface area contributed by atoms with E-state index in [9.17, 15) is 9.50 Å². The van der Waals surface area contributed by atoms with Crippen LogP contribution in [0.5, 0.6) is 5.75 Å². The van der Waals surface area contributed by atoms with Crippen LogP contribution in [0.3, 0.4) is 0 Å². The molecule has 1 unspecified atom stereocenters. The number of ether oxygens (including phenoxy) is 2. The van der Waals surface area contributed by atoms with Crippen LogP contribution in [-0.4, -0.2) is 49.5 Å². The lowest BCUT2D eigenvalue weighted by molar-refractivity contribution is 0.0614. The fraction of sp³-hybridized carbons (Fsp3) is 0.400. The number of hydrogen-bond acceptors (Lipinski definition) is 4. The molecule has 0 radical (unpaired) electrons. The number of nitrogens with zero attached hydrogens (tertiary/aromatic N) is 1. The molecule has 0 amide bonds. The molecule has 2 aromatic rings. The van der Waals surface area contributed by atoms with E-state index in [4.69, 9.17) is 9.47 Å². The summed E-state index contributed by atoms with van der Waals surface area (Å²) in [6, 6.07) is 16.1. The van der Waals surface area contributed by atoms with Crippen LogP contribution in [0.4, 0.5) is 4.39 Å². The SMILES string of the molecule is COCCCN(Cc1ccccc1F)CC(O)COc1ccccc1. The number of hydrogen-bond donors (Lipinski definition) is 1. The minimum absolute atomic E-state index is 0.196. The van der Waals surface area contributed by atoms with Gasteiger partial charge in [-0.05, 0) is 24.6 Å². The van der Waals surface area contributed by atoms with Gasteiger partial charge in [0.2, 0.25) is 0 Å². The van der Waals surface area contributed by atoms with Crippen LogP contribution < -0.4 is 4.74 Å². The third-order valence-electron chi connectivity index (χ3n) is 3.83. The molecule has 25 heavy (non-hydrogen) atoms. The van der Waals surface area contributed by atoms with Crippen LogP contribution in [0.2, 0.25) is 0 Å². The Bertz CT molecular complexity index is 609. The molecular weight excluding hydrogens is 321 g/mol. The summed E-state index contributed by atoms with van der Waals surface area (Å²) in [5.41, 5.74) is 0.621. The highest BCUT2D eigenvalue weighted by molar-refractivity contribution is 5.21. The third-order valence-corrected chi connectivity index (χ3v) is 3.83. The van der Waals surface area contributed by atoms with Gasteiger partial charge in [0.1, 0.15) is 24.3 Å². The Morgan fingerprint density at radius 3 is 2.52 bits per heavy atom. The molecule has 0 fully saturated rings. The molecule has 0 saturated carbocycles. The maximum atomic E-state index is 13.9. The quantitative estimate of drug-likeness (QED) is 0.634. The van der Waals surface area contributed by atoms with Crippen LogP contribution in [0.1, 0.15) is 12.0 Å². The molecule has 1 N–H and O–H groups in total. The first-order chi connectivity index (χ1) is 12.2. The second-order valence-corrected chi connectivity index (χ2v) is 5.95. The van der Waals surface area contributed by atoms with Crippen molar-refractivity contribution in [3.05, 3.63) is 66.0 Å². The van der Waals surface area contributed by atoms with Gasteiger partial charge < -0.3 is 14.6 Å². The smallest absolute Gasteiger partial charge is 0.127 e. The highest BCUT2D eigenvalue weighted by atomic mass is 19.1. The Balaban J connectivity index is 1.89. The average Bonchev–Trinajstić information content (AvgIpc) is 2.63. The van der Waals surface area contributed by atoms with Crippen LogP contribution in [0, 0.1) is 5.82 Å². The summed E-state index contributed by atoms with van der Waals surface area (Å²) in [6.45, 7) is 2.39. The Kier molecular flexibility index (Phi) is 8.39. The second kappa shape index (κ2) is 10.8. The fourth-order valence-corrected chi connectivity index (χ4v) is 2.59. The molecule has 136 valence electrons. The molecular formula is C20H26FNO3. The second-order valence-electron chi connectivity index (χ2n) is 5.95. The summed E-state index contributed by atoms with van der Waals surface area (Å²) in [7, 11) is 1.66. The van der Waals surface area contributed by atoms with Gasteiger partial charge in [0.25, 0.3) is 0 Å². The molecule has 2 aromatic carbocycles. The zero-order valence-electron chi connectivity index (χ0n) is 14.6. The number of methoxy groups -OCH3 is 1. The highest BCUT2D eigenvalue weighted by Crippen LogP contribution is 2.12. The maximum Gasteiger partial charge on any atom is 0.127 e. The Hall–Kier alpha value is -1.95. The first-order valence-corrected chi connectivity index (χ1v) is 8.49. The van der Waals surface area contributed by atoms with E-state index in [1.807, 2.05) is 41.3 Å². The van der Waals surface area contributed by atoms with E-state index in [1.54, 1.807) is 19.2 Å². The molecule has 0 aliphatic carbocycles. The summed E-state index contributed by atoms with van der Waals surface area (Å²) in [5, 5.41) is 10.3. The van der Waals surface area contributed by atoms with Crippen LogP contribution >= 0.6 is 0 Å². The first-order valence-electron chi connectivity index (χ1n) is 8.49. The van der Waals surface area contributed by atoms with Gasteiger partial charge in [-0.1, -0.05) is 36.4 Å². The number of aliphatic hydroxyl groups is 1. The molecule has 0 spiro atoms. The molecule has 0 aliphatic rings. The number of rotatable bonds is 11. The van der Waals surface area contributed by atoms with Crippen LogP contribution in [0.15, 0.2) is 54.6 Å². The van der Waals surface area contributed by atoms with Crippen molar-refractivity contribution in [2.45, 2.75) is 19.1 Å². The number of halogens is 1. The number of para-hydroxylation sites is 1. The molecule has 1 atom stereocenters. The summed E-state index contributed by atoms with van der Waals surface area (Å²) in [5.74, 6) is 0.496. The van der Waals surface area contributed by atoms with Crippen molar-refractivity contribution in [3.63, 3.8) is 0 Å². The lowest BCUT2D eigenvalue weighted by Crippen LogP contribution is -2.36. The summed E-state index contributed by atoms with van der Waals surface area (Å²) in [4.78, 5) is 2.02. The maximum absolute atomic E-state index is 13.9. The van der Waals surface area contributed by atoms with Crippen molar-refractivity contribution in [1.29, 1.82) is 0 Å². The van der Waals surface area contributed by atoms with Gasteiger partial charge in [-0.25, -0.2) is 4.39 Å². The summed E-state index contributed by atoms with van der Waals surface area (Å²) in [6.07, 6.45) is 0.159. The molecule has 0 bridgehead atoms. The van der Waals surface area contributed by atoms with E-state index in [2.05, 4.69) is 0 Å². The van der Waals surface area contributed by atoms with Crippen molar-refractivity contribution in [1.82, 2.24) is 4.90 Å². The van der Waals surface area contributed by atoms with Gasteiger partial charge in [-0.15, -0.1) is 0 Å². The Labute approximate surface area is 148 Å². The van der Waals surface area contributed by atoms with Crippen molar-refractivity contribution in [3.8, 4) is 5.75 Å². The Morgan fingerprint density at radius 2 is 1.80 bits per heavy atom. The normalized spacial score (nSPS) is 12.3. The average molecular weight is 347 g/mol. The summed E-state index contributed by atoms with van der Waals surface area (Å²) >= 11 is 0. The third kappa shape index (κ3) is 7.22.